The van der Waals surface area contributed by atoms with Gasteiger partial charge in [0.05, 0.1) is 28.5 Å². The van der Waals surface area contributed by atoms with Gasteiger partial charge in [0.2, 0.25) is 0 Å². The highest BCUT2D eigenvalue weighted by Crippen LogP contribution is 2.32. The van der Waals surface area contributed by atoms with E-state index in [1.54, 1.807) is 12.1 Å². The first-order valence-electron chi connectivity index (χ1n) is 12.6. The molecule has 6 nitrogen and oxygen atoms in total. The van der Waals surface area contributed by atoms with Crippen molar-refractivity contribution in [3.63, 3.8) is 0 Å². The molecule has 2 N–H and O–H groups in total. The summed E-state index contributed by atoms with van der Waals surface area (Å²) in [4.78, 5) is 34.0. The Labute approximate surface area is 220 Å². The number of hydrogen-bond donors (Lipinski definition) is 2. The van der Waals surface area contributed by atoms with E-state index in [2.05, 4.69) is 5.32 Å². The van der Waals surface area contributed by atoms with Crippen LogP contribution < -0.4 is 5.32 Å². The van der Waals surface area contributed by atoms with Gasteiger partial charge in [-0.1, -0.05) is 48.0 Å². The number of carbonyl (C=O) groups is 2. The van der Waals surface area contributed by atoms with Gasteiger partial charge in [0, 0.05) is 22.6 Å². The number of hydrogen-bond acceptors (Lipinski definition) is 4. The number of unbranched alkanes of at least 4 members (excludes halogenated alkanes) is 1. The molecule has 0 aliphatic heterocycles. The van der Waals surface area contributed by atoms with Gasteiger partial charge in [0.25, 0.3) is 5.91 Å². The summed E-state index contributed by atoms with van der Waals surface area (Å²) in [5.74, 6) is -0.945. The quantitative estimate of drug-likeness (QED) is 0.260. The number of halogens is 1. The molecule has 4 aromatic rings. The zero-order valence-electron chi connectivity index (χ0n) is 20.4. The Balaban J connectivity index is 1.42. The highest BCUT2D eigenvalue weighted by molar-refractivity contribution is 6.30. The molecule has 37 heavy (non-hydrogen) atoms. The second kappa shape index (κ2) is 11.1. The molecular weight excluding hydrogens is 486 g/mol. The van der Waals surface area contributed by atoms with Gasteiger partial charge in [-0.05, 0) is 80.0 Å². The molecule has 1 aliphatic rings. The van der Waals surface area contributed by atoms with Crippen molar-refractivity contribution in [2.45, 2.75) is 51.0 Å². The number of amides is 1. The van der Waals surface area contributed by atoms with E-state index in [-0.39, 0.29) is 18.4 Å². The first-order chi connectivity index (χ1) is 18.0. The van der Waals surface area contributed by atoms with E-state index in [1.807, 2.05) is 54.6 Å². The summed E-state index contributed by atoms with van der Waals surface area (Å²) in [5.41, 5.74) is 6.77. The van der Waals surface area contributed by atoms with E-state index in [0.29, 0.717) is 40.9 Å². The molecule has 1 heterocycles. The summed E-state index contributed by atoms with van der Waals surface area (Å²) in [7, 11) is 0. The van der Waals surface area contributed by atoms with Gasteiger partial charge in [-0.15, -0.1) is 0 Å². The van der Waals surface area contributed by atoms with Crippen molar-refractivity contribution < 1.29 is 14.7 Å². The minimum Gasteiger partial charge on any atom is -0.481 e. The predicted molar refractivity (Wildman–Crippen MR) is 145 cm³/mol. The van der Waals surface area contributed by atoms with E-state index < -0.39 is 5.97 Å². The number of aliphatic carboxylic acids is 1. The average Bonchev–Trinajstić information content (AvgIpc) is 2.90. The number of carbonyl (C=O) groups excluding carboxylic acids is 1. The number of aromatic nitrogens is 2. The zero-order chi connectivity index (χ0) is 25.8. The van der Waals surface area contributed by atoms with Crippen LogP contribution in [0, 0.1) is 0 Å². The molecule has 0 bridgehead atoms. The van der Waals surface area contributed by atoms with Crippen LogP contribution in [0.5, 0.6) is 0 Å². The Morgan fingerprint density at radius 1 is 0.973 bits per heavy atom. The van der Waals surface area contributed by atoms with Crippen LogP contribution in [0.15, 0.2) is 66.7 Å². The van der Waals surface area contributed by atoms with E-state index in [9.17, 15) is 9.59 Å². The number of nitrogens with one attached hydrogen (secondary N) is 1. The van der Waals surface area contributed by atoms with Crippen molar-refractivity contribution in [3.8, 4) is 11.3 Å². The van der Waals surface area contributed by atoms with Gasteiger partial charge in [-0.3, -0.25) is 9.59 Å². The highest BCUT2D eigenvalue weighted by Gasteiger charge is 2.23. The molecule has 1 unspecified atom stereocenters. The summed E-state index contributed by atoms with van der Waals surface area (Å²) in [6.45, 7) is 0. The molecule has 0 fully saturated rings. The number of fused-ring (bicyclic) bond motifs is 2. The number of carboxylic acid groups (broad SMARTS) is 1. The monoisotopic (exact) mass is 513 g/mol. The molecule has 1 aromatic heterocycles. The largest absolute Gasteiger partial charge is 0.481 e. The maximum Gasteiger partial charge on any atom is 0.303 e. The zero-order valence-corrected chi connectivity index (χ0v) is 21.2. The maximum absolute atomic E-state index is 13.2. The molecule has 0 saturated heterocycles. The summed E-state index contributed by atoms with van der Waals surface area (Å²) < 4.78 is 0. The Morgan fingerprint density at radius 2 is 1.81 bits per heavy atom. The molecule has 1 aliphatic carbocycles. The van der Waals surface area contributed by atoms with Gasteiger partial charge in [0.1, 0.15) is 0 Å². The third-order valence-electron chi connectivity index (χ3n) is 6.82. The number of carboxylic acids is 1. The first kappa shape index (κ1) is 24.9. The van der Waals surface area contributed by atoms with Crippen molar-refractivity contribution in [2.24, 2.45) is 0 Å². The second-order valence-corrected chi connectivity index (χ2v) is 9.89. The lowest BCUT2D eigenvalue weighted by atomic mass is 9.87. The van der Waals surface area contributed by atoms with Crippen LogP contribution in [0.4, 0.5) is 0 Å². The lowest BCUT2D eigenvalue weighted by molar-refractivity contribution is -0.137. The Morgan fingerprint density at radius 3 is 2.62 bits per heavy atom. The number of rotatable bonds is 8. The van der Waals surface area contributed by atoms with Gasteiger partial charge in [0.15, 0.2) is 0 Å². The van der Waals surface area contributed by atoms with Crippen molar-refractivity contribution in [1.82, 2.24) is 15.3 Å². The van der Waals surface area contributed by atoms with Gasteiger partial charge in [-0.2, -0.15) is 0 Å². The first-order valence-corrected chi connectivity index (χ1v) is 13.0. The van der Waals surface area contributed by atoms with Gasteiger partial charge < -0.3 is 10.4 Å². The predicted octanol–water partition coefficient (Wildman–Crippen LogP) is 6.56. The summed E-state index contributed by atoms with van der Waals surface area (Å²) >= 11 is 6.17. The summed E-state index contributed by atoms with van der Waals surface area (Å²) in [6, 6.07) is 21.1. The Kier molecular flexibility index (Phi) is 7.47. The molecule has 0 radical (unpaired) electrons. The molecular formula is C30H28ClN3O3. The maximum atomic E-state index is 13.2. The molecule has 0 saturated carbocycles. The number of benzene rings is 3. The van der Waals surface area contributed by atoms with E-state index in [0.717, 1.165) is 41.8 Å². The fourth-order valence-corrected chi connectivity index (χ4v) is 5.17. The topological polar surface area (TPSA) is 92.2 Å². The fourth-order valence-electron chi connectivity index (χ4n) is 4.98. The van der Waals surface area contributed by atoms with Crippen molar-refractivity contribution >= 4 is 34.5 Å². The lowest BCUT2D eigenvalue weighted by Gasteiger charge is -2.26. The molecule has 5 rings (SSSR count). The van der Waals surface area contributed by atoms with Gasteiger partial charge >= 0.3 is 5.97 Å². The SMILES string of the molecule is O=C(O)CCCCc1nc2cc(C(=O)NC3CCCc4cc(Cl)ccc43)ccc2nc1-c1ccccc1. The molecule has 7 heteroatoms. The van der Waals surface area contributed by atoms with E-state index >= 15 is 0 Å². The summed E-state index contributed by atoms with van der Waals surface area (Å²) in [6.07, 6.45) is 4.84. The fraction of sp³-hybridized carbons (Fsp3) is 0.267. The molecule has 3 aromatic carbocycles. The third-order valence-corrected chi connectivity index (χ3v) is 7.06. The van der Waals surface area contributed by atoms with Crippen LogP contribution in [-0.4, -0.2) is 27.0 Å². The molecule has 1 amide bonds. The third kappa shape index (κ3) is 5.81. The smallest absolute Gasteiger partial charge is 0.303 e. The highest BCUT2D eigenvalue weighted by atomic mass is 35.5. The van der Waals surface area contributed by atoms with E-state index in [4.69, 9.17) is 26.7 Å². The van der Waals surface area contributed by atoms with Crippen LogP contribution in [0.1, 0.15) is 65.3 Å². The van der Waals surface area contributed by atoms with Crippen LogP contribution in [0.25, 0.3) is 22.3 Å². The standard InChI is InChI=1S/C30H28ClN3O3/c31-22-14-15-23-20(17-22)9-6-11-24(23)34-30(37)21-13-16-25-27(18-21)32-26(10-4-5-12-28(35)36)29(33-25)19-7-2-1-3-8-19/h1-3,7-8,13-18,24H,4-6,9-12H2,(H,34,37)(H,35,36). The second-order valence-electron chi connectivity index (χ2n) is 9.45. The Hall–Kier alpha value is -3.77. The van der Waals surface area contributed by atoms with Crippen molar-refractivity contribution in [3.05, 3.63) is 94.1 Å². The van der Waals surface area contributed by atoms with Gasteiger partial charge in [-0.25, -0.2) is 9.97 Å². The number of aryl methyl sites for hydroxylation is 2. The molecule has 1 atom stereocenters. The minimum atomic E-state index is -0.799. The van der Waals surface area contributed by atoms with Crippen molar-refractivity contribution in [1.29, 1.82) is 0 Å². The molecule has 0 spiro atoms. The van der Waals surface area contributed by atoms with Crippen LogP contribution in [0.3, 0.4) is 0 Å². The normalized spacial score (nSPS) is 14.8. The average molecular weight is 514 g/mol. The minimum absolute atomic E-state index is 0.0550. The molecule has 188 valence electrons. The van der Waals surface area contributed by atoms with Crippen LogP contribution >= 0.6 is 11.6 Å². The Bertz CT molecular complexity index is 1460. The number of nitrogens with zero attached hydrogens (tertiary/aromatic N) is 2. The van der Waals surface area contributed by atoms with Crippen molar-refractivity contribution in [2.75, 3.05) is 0 Å². The van der Waals surface area contributed by atoms with Crippen LogP contribution in [0.2, 0.25) is 5.02 Å². The summed E-state index contributed by atoms with van der Waals surface area (Å²) in [5, 5.41) is 12.9. The lowest BCUT2D eigenvalue weighted by Crippen LogP contribution is -2.31. The van der Waals surface area contributed by atoms with E-state index in [1.165, 1.54) is 5.56 Å². The van der Waals surface area contributed by atoms with Crippen LogP contribution in [-0.2, 0) is 17.6 Å².